The fourth-order valence-corrected chi connectivity index (χ4v) is 6.49. The molecule has 0 bridgehead atoms. The van der Waals surface area contributed by atoms with Crippen LogP contribution in [0.4, 0.5) is 9.59 Å². The van der Waals surface area contributed by atoms with Gasteiger partial charge in [0.25, 0.3) is 0 Å². The Morgan fingerprint density at radius 1 is 0.596 bits per heavy atom. The summed E-state index contributed by atoms with van der Waals surface area (Å²) in [6.07, 6.45) is 0.911. The van der Waals surface area contributed by atoms with Crippen LogP contribution in [0.5, 0.6) is 0 Å². The molecule has 288 valence electrons. The average molecular weight is 725 g/mol. The second-order valence-electron chi connectivity index (χ2n) is 15.7. The first-order valence-corrected chi connectivity index (χ1v) is 18.3. The van der Waals surface area contributed by atoms with E-state index in [4.69, 9.17) is 18.9 Å². The Balaban J connectivity index is 0.000000280. The van der Waals surface area contributed by atoms with Crippen molar-refractivity contribution < 1.29 is 38.1 Å². The molecule has 0 spiro atoms. The zero-order chi connectivity index (χ0) is 38.6. The monoisotopic (exact) mass is 724 g/mol. The third-order valence-electron chi connectivity index (χ3n) is 8.49. The molecule has 4 atom stereocenters. The number of carbonyl (C=O) groups excluding carboxylic acids is 4. The van der Waals surface area contributed by atoms with Crippen molar-refractivity contribution in [2.24, 2.45) is 0 Å². The second kappa shape index (κ2) is 19.1. The number of likely N-dealkylation sites (N-methyl/N-ethyl adjacent to an activating group) is 2. The van der Waals surface area contributed by atoms with Crippen molar-refractivity contribution >= 4 is 24.1 Å². The predicted octanol–water partition coefficient (Wildman–Crippen LogP) is 6.35. The van der Waals surface area contributed by atoms with Gasteiger partial charge in [-0.25, -0.2) is 19.2 Å². The molecule has 0 radical (unpaired) electrons. The summed E-state index contributed by atoms with van der Waals surface area (Å²) in [4.78, 5) is 52.1. The number of benzene rings is 2. The lowest BCUT2D eigenvalue weighted by molar-refractivity contribution is 0.0461. The molecule has 2 heterocycles. The Hall–Kier alpha value is -4.16. The van der Waals surface area contributed by atoms with Gasteiger partial charge in [0.2, 0.25) is 0 Å². The number of hydrogen-bond acceptors (Lipinski definition) is 10. The number of nitrogens with zero attached hydrogens (tertiary/aromatic N) is 2. The lowest BCUT2D eigenvalue weighted by Gasteiger charge is -2.36. The molecule has 0 aromatic heterocycles. The van der Waals surface area contributed by atoms with Gasteiger partial charge < -0.3 is 39.4 Å². The molecule has 2 fully saturated rings. The van der Waals surface area contributed by atoms with Crippen LogP contribution in [-0.4, -0.2) is 111 Å². The van der Waals surface area contributed by atoms with Crippen LogP contribution in [0.2, 0.25) is 0 Å². The van der Waals surface area contributed by atoms with Crippen molar-refractivity contribution in [3.63, 3.8) is 0 Å². The van der Waals surface area contributed by atoms with Crippen LogP contribution in [0.25, 0.3) is 0 Å². The largest absolute Gasteiger partial charge is 0.462 e. The fraction of sp³-hybridized carbons (Fsp3) is 0.600. The van der Waals surface area contributed by atoms with E-state index in [0.717, 1.165) is 50.1 Å². The summed E-state index contributed by atoms with van der Waals surface area (Å²) in [6, 6.07) is 15.2. The number of amides is 2. The van der Waals surface area contributed by atoms with Gasteiger partial charge in [-0.15, -0.1) is 0 Å². The fourth-order valence-electron chi connectivity index (χ4n) is 6.49. The Labute approximate surface area is 309 Å². The summed E-state index contributed by atoms with van der Waals surface area (Å²) < 4.78 is 20.8. The third kappa shape index (κ3) is 14.5. The highest BCUT2D eigenvalue weighted by Crippen LogP contribution is 2.28. The summed E-state index contributed by atoms with van der Waals surface area (Å²) in [7, 11) is 4.09. The SMILES string of the molecule is CCOC(=O)c1ccc(C2CC(NC(=O)OC(C)(C)C)CN(C)C2)cc1.CCOC(=O)c1ccc(C2CC(NC(=O)OC(C)(C)C)CN(C)C2)cc1. The highest BCUT2D eigenvalue weighted by Gasteiger charge is 2.30. The van der Waals surface area contributed by atoms with E-state index in [1.807, 2.05) is 79.9 Å². The van der Waals surface area contributed by atoms with Crippen LogP contribution in [0.3, 0.4) is 0 Å². The molecule has 12 nitrogen and oxygen atoms in total. The highest BCUT2D eigenvalue weighted by atomic mass is 16.6. The second-order valence-corrected chi connectivity index (χ2v) is 15.7. The molecule has 4 rings (SSSR count). The van der Waals surface area contributed by atoms with Gasteiger partial charge in [-0.3, -0.25) is 0 Å². The van der Waals surface area contributed by atoms with E-state index in [9.17, 15) is 19.2 Å². The molecule has 2 saturated heterocycles. The van der Waals surface area contributed by atoms with Crippen LogP contribution in [0, 0.1) is 0 Å². The van der Waals surface area contributed by atoms with Crippen molar-refractivity contribution in [1.82, 2.24) is 20.4 Å². The topological polar surface area (TPSA) is 136 Å². The number of nitrogens with one attached hydrogen (secondary N) is 2. The van der Waals surface area contributed by atoms with Crippen LogP contribution < -0.4 is 10.6 Å². The van der Waals surface area contributed by atoms with Crippen molar-refractivity contribution in [2.45, 2.75) is 103 Å². The van der Waals surface area contributed by atoms with Crippen LogP contribution in [-0.2, 0) is 18.9 Å². The first-order valence-electron chi connectivity index (χ1n) is 18.3. The van der Waals surface area contributed by atoms with Crippen LogP contribution in [0.1, 0.15) is 112 Å². The van der Waals surface area contributed by atoms with E-state index in [1.165, 1.54) is 0 Å². The molecule has 2 aromatic carbocycles. The Morgan fingerprint density at radius 2 is 0.923 bits per heavy atom. The average Bonchev–Trinajstić information content (AvgIpc) is 3.03. The van der Waals surface area contributed by atoms with E-state index in [1.54, 1.807) is 38.1 Å². The predicted molar refractivity (Wildman–Crippen MR) is 201 cm³/mol. The molecule has 2 aliphatic rings. The number of piperidine rings is 2. The molecule has 2 aliphatic heterocycles. The van der Waals surface area contributed by atoms with Gasteiger partial charge in [0, 0.05) is 38.3 Å². The number of rotatable bonds is 8. The summed E-state index contributed by atoms with van der Waals surface area (Å²) in [5.41, 5.74) is 2.41. The number of alkyl carbamates (subject to hydrolysis) is 2. The van der Waals surface area contributed by atoms with Gasteiger partial charge in [-0.05, 0) is 130 Å². The molecule has 0 saturated carbocycles. The van der Waals surface area contributed by atoms with Crippen molar-refractivity contribution in [3.05, 3.63) is 70.8 Å². The Morgan fingerprint density at radius 3 is 1.21 bits per heavy atom. The van der Waals surface area contributed by atoms with Gasteiger partial charge >= 0.3 is 24.1 Å². The summed E-state index contributed by atoms with van der Waals surface area (Å²) >= 11 is 0. The molecular weight excluding hydrogens is 664 g/mol. The maximum atomic E-state index is 12.1. The standard InChI is InChI=1S/2C20H30N2O4/c2*1-6-25-18(23)15-9-7-14(8-10-15)16-11-17(13-22(5)12-16)21-19(24)26-20(2,3)4/h2*7-10,16-17H,6,11-13H2,1-5H3,(H,21,24). The van der Waals surface area contributed by atoms with E-state index < -0.39 is 11.2 Å². The molecule has 0 aliphatic carbocycles. The van der Waals surface area contributed by atoms with Crippen LogP contribution >= 0.6 is 0 Å². The lowest BCUT2D eigenvalue weighted by Crippen LogP contribution is -2.49. The number of carbonyl (C=O) groups is 4. The molecule has 4 unspecified atom stereocenters. The van der Waals surface area contributed by atoms with Gasteiger partial charge in [-0.2, -0.15) is 0 Å². The van der Waals surface area contributed by atoms with Gasteiger partial charge in [0.15, 0.2) is 0 Å². The summed E-state index contributed by atoms with van der Waals surface area (Å²) in [5, 5.41) is 5.95. The molecule has 2 N–H and O–H groups in total. The van der Waals surface area contributed by atoms with E-state index >= 15 is 0 Å². The minimum absolute atomic E-state index is 0.0262. The van der Waals surface area contributed by atoms with Crippen LogP contribution in [0.15, 0.2) is 48.5 Å². The zero-order valence-electron chi connectivity index (χ0n) is 32.7. The Kier molecular flexibility index (Phi) is 15.5. The van der Waals surface area contributed by atoms with E-state index in [0.29, 0.717) is 24.3 Å². The smallest absolute Gasteiger partial charge is 0.407 e. The molecular formula is C40H60N4O8. The van der Waals surface area contributed by atoms with Gasteiger partial charge in [0.1, 0.15) is 11.2 Å². The summed E-state index contributed by atoms with van der Waals surface area (Å²) in [5.74, 6) is -0.0385. The maximum absolute atomic E-state index is 12.1. The number of ether oxygens (including phenoxy) is 4. The van der Waals surface area contributed by atoms with Crippen molar-refractivity contribution in [2.75, 3.05) is 53.5 Å². The minimum Gasteiger partial charge on any atom is -0.462 e. The van der Waals surface area contributed by atoms with E-state index in [2.05, 4.69) is 20.4 Å². The molecule has 12 heteroatoms. The quantitative estimate of drug-likeness (QED) is 0.234. The zero-order valence-corrected chi connectivity index (χ0v) is 32.7. The number of esters is 2. The Bertz CT molecular complexity index is 1350. The van der Waals surface area contributed by atoms with Crippen molar-refractivity contribution in [3.8, 4) is 0 Å². The normalized spacial score (nSPS) is 21.1. The molecule has 52 heavy (non-hydrogen) atoms. The highest BCUT2D eigenvalue weighted by molar-refractivity contribution is 5.89. The third-order valence-corrected chi connectivity index (χ3v) is 8.49. The first kappa shape index (κ1) is 42.3. The van der Waals surface area contributed by atoms with Gasteiger partial charge in [0.05, 0.1) is 24.3 Å². The number of likely N-dealkylation sites (tertiary alicyclic amines) is 2. The first-order chi connectivity index (χ1) is 24.3. The molecule has 2 aromatic rings. The van der Waals surface area contributed by atoms with Gasteiger partial charge in [-0.1, -0.05) is 24.3 Å². The minimum atomic E-state index is -0.507. The maximum Gasteiger partial charge on any atom is 0.407 e. The summed E-state index contributed by atoms with van der Waals surface area (Å²) in [6.45, 7) is 18.8. The molecule has 2 amide bonds. The van der Waals surface area contributed by atoms with E-state index in [-0.39, 0.29) is 48.0 Å². The number of hydrogen-bond donors (Lipinski definition) is 2. The van der Waals surface area contributed by atoms with Crippen molar-refractivity contribution in [1.29, 1.82) is 0 Å². The lowest BCUT2D eigenvalue weighted by atomic mass is 9.88.